The number of ketones is 1. The molecule has 0 N–H and O–H groups in total. The Balaban J connectivity index is 3.85. The molecule has 0 aliphatic rings. The van der Waals surface area contributed by atoms with Crippen molar-refractivity contribution < 1.29 is 14.3 Å². The van der Waals surface area contributed by atoms with Crippen molar-refractivity contribution in [2.75, 3.05) is 0 Å². The van der Waals surface area contributed by atoms with Crippen LogP contribution in [0, 0.1) is 5.92 Å². The number of Topliss-reactive ketones (excluding diaryl/α,β-unsaturated/α-hetero) is 1. The van der Waals surface area contributed by atoms with Gasteiger partial charge in [-0.1, -0.05) is 13.8 Å². The monoisotopic (exact) mass is 158 g/mol. The molecule has 0 aromatic heterocycles. The first-order chi connectivity index (χ1) is 4.95. The van der Waals surface area contributed by atoms with Crippen LogP contribution in [0.1, 0.15) is 27.7 Å². The van der Waals surface area contributed by atoms with Crippen LogP contribution in [0.4, 0.5) is 0 Å². The molecular formula is C8H14O3. The van der Waals surface area contributed by atoms with E-state index < -0.39 is 6.10 Å². The van der Waals surface area contributed by atoms with Crippen molar-refractivity contribution in [3.8, 4) is 0 Å². The third kappa shape index (κ3) is 3.75. The van der Waals surface area contributed by atoms with Gasteiger partial charge in [0, 0.05) is 0 Å². The standard InChI is InChI=1S/C8H14O3/c1-5(2)8(10)11-7(4)6(3)9/h5,7H,1-4H3/t7-/m0/s1. The first kappa shape index (κ1) is 10.1. The third-order valence-electron chi connectivity index (χ3n) is 1.34. The fraction of sp³-hybridized carbons (Fsp3) is 0.750. The molecule has 0 unspecified atom stereocenters. The highest BCUT2D eigenvalue weighted by Gasteiger charge is 2.15. The summed E-state index contributed by atoms with van der Waals surface area (Å²) in [7, 11) is 0. The van der Waals surface area contributed by atoms with E-state index in [4.69, 9.17) is 4.74 Å². The predicted octanol–water partition coefficient (Wildman–Crippen LogP) is 1.16. The number of carbonyl (C=O) groups excluding carboxylic acids is 2. The smallest absolute Gasteiger partial charge is 0.309 e. The van der Waals surface area contributed by atoms with Gasteiger partial charge in [-0.05, 0) is 13.8 Å². The van der Waals surface area contributed by atoms with Gasteiger partial charge in [0.05, 0.1) is 5.92 Å². The Kier molecular flexibility index (Phi) is 3.79. The molecule has 0 radical (unpaired) electrons. The molecule has 0 rings (SSSR count). The fourth-order valence-corrected chi connectivity index (χ4v) is 0.393. The van der Waals surface area contributed by atoms with E-state index in [0.717, 1.165) is 0 Å². The lowest BCUT2D eigenvalue weighted by Gasteiger charge is -2.11. The van der Waals surface area contributed by atoms with E-state index in [2.05, 4.69) is 0 Å². The number of hydrogen-bond donors (Lipinski definition) is 0. The van der Waals surface area contributed by atoms with Crippen molar-refractivity contribution >= 4 is 11.8 Å². The van der Waals surface area contributed by atoms with Crippen molar-refractivity contribution in [1.82, 2.24) is 0 Å². The molecule has 0 aliphatic heterocycles. The molecule has 0 heterocycles. The van der Waals surface area contributed by atoms with Crippen molar-refractivity contribution in [1.29, 1.82) is 0 Å². The zero-order valence-corrected chi connectivity index (χ0v) is 7.38. The van der Waals surface area contributed by atoms with E-state index in [9.17, 15) is 9.59 Å². The minimum Gasteiger partial charge on any atom is -0.454 e. The summed E-state index contributed by atoms with van der Waals surface area (Å²) < 4.78 is 4.78. The summed E-state index contributed by atoms with van der Waals surface area (Å²) >= 11 is 0. The summed E-state index contributed by atoms with van der Waals surface area (Å²) in [4.78, 5) is 21.5. The van der Waals surface area contributed by atoms with E-state index in [1.165, 1.54) is 6.92 Å². The lowest BCUT2D eigenvalue weighted by atomic mass is 10.2. The second-order valence-electron chi connectivity index (χ2n) is 2.84. The van der Waals surface area contributed by atoms with E-state index in [-0.39, 0.29) is 17.7 Å². The minimum atomic E-state index is -0.607. The van der Waals surface area contributed by atoms with Gasteiger partial charge in [-0.2, -0.15) is 0 Å². The lowest BCUT2D eigenvalue weighted by Crippen LogP contribution is -2.24. The van der Waals surface area contributed by atoms with Gasteiger partial charge in [-0.15, -0.1) is 0 Å². The van der Waals surface area contributed by atoms with Crippen LogP contribution in [0.2, 0.25) is 0 Å². The SMILES string of the molecule is CC(=O)[C@H](C)OC(=O)C(C)C. The summed E-state index contributed by atoms with van der Waals surface area (Å²) in [6.07, 6.45) is -0.607. The molecule has 0 fully saturated rings. The fourth-order valence-electron chi connectivity index (χ4n) is 0.393. The van der Waals surface area contributed by atoms with Crippen LogP contribution < -0.4 is 0 Å². The normalized spacial score (nSPS) is 12.8. The first-order valence-electron chi connectivity index (χ1n) is 3.66. The van der Waals surface area contributed by atoms with Gasteiger partial charge in [0.1, 0.15) is 0 Å². The largest absolute Gasteiger partial charge is 0.454 e. The molecule has 0 aromatic rings. The van der Waals surface area contributed by atoms with E-state index >= 15 is 0 Å². The van der Waals surface area contributed by atoms with E-state index in [1.807, 2.05) is 0 Å². The summed E-state index contributed by atoms with van der Waals surface area (Å²) in [6.45, 7) is 6.44. The molecule has 64 valence electrons. The number of esters is 1. The average Bonchev–Trinajstić information content (AvgIpc) is 1.87. The van der Waals surface area contributed by atoms with Gasteiger partial charge < -0.3 is 4.74 Å². The number of carbonyl (C=O) groups is 2. The summed E-state index contributed by atoms with van der Waals surface area (Å²) in [5, 5.41) is 0. The molecule has 0 spiro atoms. The molecule has 3 heteroatoms. The van der Waals surface area contributed by atoms with Gasteiger partial charge in [0.2, 0.25) is 0 Å². The molecule has 0 bridgehead atoms. The van der Waals surface area contributed by atoms with Crippen LogP contribution in [0.15, 0.2) is 0 Å². The topological polar surface area (TPSA) is 43.4 Å². The first-order valence-corrected chi connectivity index (χ1v) is 3.66. The maximum absolute atomic E-state index is 10.9. The van der Waals surface area contributed by atoms with Crippen LogP contribution in [0.3, 0.4) is 0 Å². The molecule has 0 aliphatic carbocycles. The van der Waals surface area contributed by atoms with Crippen molar-refractivity contribution in [2.24, 2.45) is 5.92 Å². The van der Waals surface area contributed by atoms with Crippen LogP contribution in [0.25, 0.3) is 0 Å². The van der Waals surface area contributed by atoms with Crippen molar-refractivity contribution in [3.63, 3.8) is 0 Å². The third-order valence-corrected chi connectivity index (χ3v) is 1.34. The van der Waals surface area contributed by atoms with Gasteiger partial charge in [0.25, 0.3) is 0 Å². The van der Waals surface area contributed by atoms with Gasteiger partial charge in [-0.25, -0.2) is 0 Å². The van der Waals surface area contributed by atoms with Crippen molar-refractivity contribution in [3.05, 3.63) is 0 Å². The second-order valence-corrected chi connectivity index (χ2v) is 2.84. The summed E-state index contributed by atoms with van der Waals surface area (Å²) in [6, 6.07) is 0. The molecule has 0 saturated carbocycles. The highest BCUT2D eigenvalue weighted by Crippen LogP contribution is 2.00. The van der Waals surface area contributed by atoms with Gasteiger partial charge in [-0.3, -0.25) is 9.59 Å². The lowest BCUT2D eigenvalue weighted by molar-refractivity contribution is -0.156. The molecular weight excluding hydrogens is 144 g/mol. The zero-order valence-electron chi connectivity index (χ0n) is 7.38. The Morgan fingerprint density at radius 1 is 1.18 bits per heavy atom. The zero-order chi connectivity index (χ0) is 9.02. The average molecular weight is 158 g/mol. The summed E-state index contributed by atoms with van der Waals surface area (Å²) in [5.41, 5.74) is 0. The molecule has 1 atom stereocenters. The predicted molar refractivity (Wildman–Crippen MR) is 41.1 cm³/mol. The van der Waals surface area contributed by atoms with Crippen LogP contribution in [-0.2, 0) is 14.3 Å². The Bertz CT molecular complexity index is 161. The Hall–Kier alpha value is -0.860. The van der Waals surface area contributed by atoms with Crippen LogP contribution in [-0.4, -0.2) is 17.9 Å². The quantitative estimate of drug-likeness (QED) is 0.579. The highest BCUT2D eigenvalue weighted by molar-refractivity contribution is 5.83. The molecule has 0 saturated heterocycles. The van der Waals surface area contributed by atoms with Crippen LogP contribution >= 0.6 is 0 Å². The maximum Gasteiger partial charge on any atom is 0.309 e. The van der Waals surface area contributed by atoms with Gasteiger partial charge >= 0.3 is 5.97 Å². The molecule has 0 amide bonds. The van der Waals surface area contributed by atoms with E-state index in [0.29, 0.717) is 0 Å². The van der Waals surface area contributed by atoms with E-state index in [1.54, 1.807) is 20.8 Å². The second kappa shape index (κ2) is 4.11. The molecule has 0 aromatic carbocycles. The number of rotatable bonds is 3. The molecule has 3 nitrogen and oxygen atoms in total. The van der Waals surface area contributed by atoms with Crippen LogP contribution in [0.5, 0.6) is 0 Å². The number of hydrogen-bond acceptors (Lipinski definition) is 3. The minimum absolute atomic E-state index is 0.126. The Morgan fingerprint density at radius 2 is 1.64 bits per heavy atom. The Morgan fingerprint density at radius 3 is 1.91 bits per heavy atom. The van der Waals surface area contributed by atoms with Gasteiger partial charge in [0.15, 0.2) is 11.9 Å². The Labute approximate surface area is 66.7 Å². The molecule has 11 heavy (non-hydrogen) atoms. The van der Waals surface area contributed by atoms with Crippen molar-refractivity contribution in [2.45, 2.75) is 33.8 Å². The number of ether oxygens (including phenoxy) is 1. The maximum atomic E-state index is 10.9. The summed E-state index contributed by atoms with van der Waals surface area (Å²) in [5.74, 6) is -0.622. The highest BCUT2D eigenvalue weighted by atomic mass is 16.5.